The van der Waals surface area contributed by atoms with Crippen molar-refractivity contribution in [1.82, 2.24) is 10.5 Å². The van der Waals surface area contributed by atoms with E-state index in [9.17, 15) is 4.79 Å². The molecule has 16 heavy (non-hydrogen) atoms. The second-order valence-electron chi connectivity index (χ2n) is 4.15. The van der Waals surface area contributed by atoms with Gasteiger partial charge in [0.05, 0.1) is 19.3 Å². The molecule has 1 aromatic heterocycles. The van der Waals surface area contributed by atoms with Crippen molar-refractivity contribution >= 4 is 5.97 Å². The molecule has 0 spiro atoms. The van der Waals surface area contributed by atoms with E-state index < -0.39 is 0 Å². The van der Waals surface area contributed by atoms with Gasteiger partial charge in [-0.25, -0.2) is 0 Å². The van der Waals surface area contributed by atoms with Gasteiger partial charge in [0.2, 0.25) is 0 Å². The maximum absolute atomic E-state index is 11.5. The lowest BCUT2D eigenvalue weighted by Crippen LogP contribution is -2.38. The van der Waals surface area contributed by atoms with Crippen molar-refractivity contribution in [2.75, 3.05) is 7.11 Å². The van der Waals surface area contributed by atoms with Gasteiger partial charge < -0.3 is 9.26 Å². The summed E-state index contributed by atoms with van der Waals surface area (Å²) < 4.78 is 9.82. The zero-order valence-corrected chi connectivity index (χ0v) is 9.53. The molecule has 1 heterocycles. The van der Waals surface area contributed by atoms with Gasteiger partial charge in [-0.3, -0.25) is 10.1 Å². The molecule has 1 aliphatic carbocycles. The molecular weight excluding hydrogens is 208 g/mol. The van der Waals surface area contributed by atoms with Crippen LogP contribution in [0.3, 0.4) is 0 Å². The minimum atomic E-state index is -0.213. The van der Waals surface area contributed by atoms with Crippen LogP contribution in [0, 0.1) is 12.8 Å². The number of hydrogen-bond donors (Lipinski definition) is 1. The number of ether oxygens (including phenoxy) is 1. The minimum absolute atomic E-state index is 0.196. The Morgan fingerprint density at radius 3 is 3.00 bits per heavy atom. The molecule has 5 nitrogen and oxygen atoms in total. The second-order valence-corrected chi connectivity index (χ2v) is 4.15. The number of carbonyl (C=O) groups is 1. The number of carbonyl (C=O) groups excluding carboxylic acids is 1. The van der Waals surface area contributed by atoms with Crippen LogP contribution in [-0.4, -0.2) is 24.3 Å². The number of hydrogen-bond acceptors (Lipinski definition) is 5. The summed E-state index contributed by atoms with van der Waals surface area (Å²) in [5.41, 5.74) is 0.845. The van der Waals surface area contributed by atoms with Crippen molar-refractivity contribution in [1.29, 1.82) is 0 Å². The first-order valence-corrected chi connectivity index (χ1v) is 5.44. The molecule has 0 bridgehead atoms. The van der Waals surface area contributed by atoms with E-state index in [-0.39, 0.29) is 12.0 Å². The summed E-state index contributed by atoms with van der Waals surface area (Å²) in [5.74, 6) is 0.960. The third kappa shape index (κ3) is 2.61. The summed E-state index contributed by atoms with van der Waals surface area (Å²) in [5, 5.41) is 6.94. The molecule has 0 amide bonds. The van der Waals surface area contributed by atoms with Crippen molar-refractivity contribution in [3.05, 3.63) is 17.5 Å². The first-order valence-electron chi connectivity index (χ1n) is 5.44. The highest BCUT2D eigenvalue weighted by Gasteiger charge is 2.36. The van der Waals surface area contributed by atoms with E-state index in [1.807, 2.05) is 13.0 Å². The van der Waals surface area contributed by atoms with E-state index >= 15 is 0 Å². The van der Waals surface area contributed by atoms with Gasteiger partial charge in [0, 0.05) is 6.07 Å². The Bertz CT molecular complexity index is 371. The number of methoxy groups -OCH3 is 1. The van der Waals surface area contributed by atoms with E-state index in [4.69, 9.17) is 9.26 Å². The van der Waals surface area contributed by atoms with Crippen LogP contribution in [0.5, 0.6) is 0 Å². The smallest absolute Gasteiger partial charge is 0.323 e. The first-order chi connectivity index (χ1) is 7.70. The van der Waals surface area contributed by atoms with E-state index in [1.165, 1.54) is 7.11 Å². The first kappa shape index (κ1) is 11.1. The monoisotopic (exact) mass is 224 g/mol. The van der Waals surface area contributed by atoms with Crippen LogP contribution in [-0.2, 0) is 16.1 Å². The Hall–Kier alpha value is -1.36. The van der Waals surface area contributed by atoms with Crippen LogP contribution in [0.2, 0.25) is 0 Å². The molecule has 0 aliphatic heterocycles. The number of rotatable bonds is 5. The number of esters is 1. The summed E-state index contributed by atoms with van der Waals surface area (Å²) in [6.45, 7) is 2.38. The number of aromatic nitrogens is 1. The van der Waals surface area contributed by atoms with Crippen molar-refractivity contribution in [3.8, 4) is 0 Å². The maximum atomic E-state index is 11.5. The van der Waals surface area contributed by atoms with Gasteiger partial charge in [-0.2, -0.15) is 0 Å². The molecule has 1 aliphatic rings. The fourth-order valence-corrected chi connectivity index (χ4v) is 1.71. The average Bonchev–Trinajstić information content (AvgIpc) is 3.02. The number of nitrogens with zero attached hydrogens (tertiary/aromatic N) is 1. The summed E-state index contributed by atoms with van der Waals surface area (Å²) in [6, 6.07) is 1.64. The van der Waals surface area contributed by atoms with Gasteiger partial charge in [0.15, 0.2) is 5.76 Å². The molecule has 0 saturated heterocycles. The largest absolute Gasteiger partial charge is 0.468 e. The molecule has 0 radical (unpaired) electrons. The number of nitrogens with one attached hydrogen (secondary N) is 1. The molecule has 1 aromatic rings. The molecule has 0 aromatic carbocycles. The molecular formula is C11H16N2O3. The number of aryl methyl sites for hydroxylation is 1. The SMILES string of the molecule is COC(=O)C(NCc1cc(C)no1)C1CC1. The highest BCUT2D eigenvalue weighted by molar-refractivity contribution is 5.76. The molecule has 1 unspecified atom stereocenters. The lowest BCUT2D eigenvalue weighted by atomic mass is 10.2. The fourth-order valence-electron chi connectivity index (χ4n) is 1.71. The van der Waals surface area contributed by atoms with E-state index in [0.717, 1.165) is 24.3 Å². The van der Waals surface area contributed by atoms with Gasteiger partial charge in [-0.1, -0.05) is 5.16 Å². The Labute approximate surface area is 94.1 Å². The third-order valence-electron chi connectivity index (χ3n) is 2.72. The fraction of sp³-hybridized carbons (Fsp3) is 0.636. The maximum Gasteiger partial charge on any atom is 0.323 e. The minimum Gasteiger partial charge on any atom is -0.468 e. The van der Waals surface area contributed by atoms with Crippen LogP contribution in [0.25, 0.3) is 0 Å². The van der Waals surface area contributed by atoms with Crippen molar-refractivity contribution in [2.45, 2.75) is 32.4 Å². The molecule has 1 atom stereocenters. The van der Waals surface area contributed by atoms with E-state index in [0.29, 0.717) is 12.5 Å². The highest BCUT2D eigenvalue weighted by atomic mass is 16.5. The van der Waals surface area contributed by atoms with E-state index in [2.05, 4.69) is 10.5 Å². The van der Waals surface area contributed by atoms with Gasteiger partial charge in [0.1, 0.15) is 6.04 Å². The Kier molecular flexibility index (Phi) is 3.24. The van der Waals surface area contributed by atoms with Crippen molar-refractivity contribution < 1.29 is 14.1 Å². The molecule has 1 saturated carbocycles. The second kappa shape index (κ2) is 4.65. The zero-order valence-electron chi connectivity index (χ0n) is 9.53. The lowest BCUT2D eigenvalue weighted by Gasteiger charge is -2.14. The Balaban J connectivity index is 1.88. The average molecular weight is 224 g/mol. The predicted octanol–water partition coefficient (Wildman–Crippen LogP) is 1.02. The van der Waals surface area contributed by atoms with Crippen LogP contribution in [0.4, 0.5) is 0 Å². The molecule has 2 rings (SSSR count). The van der Waals surface area contributed by atoms with Gasteiger partial charge in [0.25, 0.3) is 0 Å². The topological polar surface area (TPSA) is 64.4 Å². The van der Waals surface area contributed by atoms with E-state index in [1.54, 1.807) is 0 Å². The van der Waals surface area contributed by atoms with Gasteiger partial charge in [-0.15, -0.1) is 0 Å². The summed E-state index contributed by atoms with van der Waals surface area (Å²) in [7, 11) is 1.41. The van der Waals surface area contributed by atoms with Gasteiger partial charge in [-0.05, 0) is 25.7 Å². The Morgan fingerprint density at radius 2 is 2.50 bits per heavy atom. The molecule has 88 valence electrons. The molecule has 1 fully saturated rings. The zero-order chi connectivity index (χ0) is 11.5. The Morgan fingerprint density at radius 1 is 1.75 bits per heavy atom. The standard InChI is InChI=1S/C11H16N2O3/c1-7-5-9(16-13-7)6-12-10(8-3-4-8)11(14)15-2/h5,8,10,12H,3-4,6H2,1-2H3. The van der Waals surface area contributed by atoms with Crippen LogP contribution in [0.1, 0.15) is 24.3 Å². The van der Waals surface area contributed by atoms with Crippen LogP contribution in [0.15, 0.2) is 10.6 Å². The van der Waals surface area contributed by atoms with Crippen molar-refractivity contribution in [2.24, 2.45) is 5.92 Å². The lowest BCUT2D eigenvalue weighted by molar-refractivity contribution is -0.143. The van der Waals surface area contributed by atoms with Crippen molar-refractivity contribution in [3.63, 3.8) is 0 Å². The van der Waals surface area contributed by atoms with Crippen LogP contribution >= 0.6 is 0 Å². The quantitative estimate of drug-likeness (QED) is 0.756. The molecule has 1 N–H and O–H groups in total. The normalized spacial score (nSPS) is 17.1. The predicted molar refractivity (Wildman–Crippen MR) is 56.6 cm³/mol. The highest BCUT2D eigenvalue weighted by Crippen LogP contribution is 2.33. The third-order valence-corrected chi connectivity index (χ3v) is 2.72. The van der Waals surface area contributed by atoms with Crippen LogP contribution < -0.4 is 5.32 Å². The van der Waals surface area contributed by atoms with Gasteiger partial charge >= 0.3 is 5.97 Å². The molecule has 5 heteroatoms. The summed E-state index contributed by atoms with van der Waals surface area (Å²) >= 11 is 0. The summed E-state index contributed by atoms with van der Waals surface area (Å²) in [6.07, 6.45) is 2.17. The summed E-state index contributed by atoms with van der Waals surface area (Å²) in [4.78, 5) is 11.5.